The summed E-state index contributed by atoms with van der Waals surface area (Å²) in [5.74, 6) is -0.761. The summed E-state index contributed by atoms with van der Waals surface area (Å²) in [5, 5.41) is 3.01. The first-order valence-corrected chi connectivity index (χ1v) is 10.0. The highest BCUT2D eigenvalue weighted by molar-refractivity contribution is 6.22. The van der Waals surface area contributed by atoms with Crippen LogP contribution in [0.5, 0.6) is 0 Å². The van der Waals surface area contributed by atoms with Crippen molar-refractivity contribution in [3.05, 3.63) is 34.9 Å². The van der Waals surface area contributed by atoms with Gasteiger partial charge in [0.2, 0.25) is 0 Å². The van der Waals surface area contributed by atoms with E-state index in [1.165, 1.54) is 4.90 Å². The van der Waals surface area contributed by atoms with Crippen LogP contribution >= 0.6 is 12.4 Å². The Morgan fingerprint density at radius 3 is 2.29 bits per heavy atom. The van der Waals surface area contributed by atoms with Crippen molar-refractivity contribution in [3.8, 4) is 0 Å². The maximum absolute atomic E-state index is 12.9. The molecule has 0 unspecified atom stereocenters. The molecule has 3 amide bonds. The van der Waals surface area contributed by atoms with Crippen LogP contribution in [0.2, 0.25) is 0 Å². The van der Waals surface area contributed by atoms with Gasteiger partial charge < -0.3 is 11.1 Å². The SMILES string of the molecule is CCC(CC)(CN)NC(=O)c1ccc2c(c1)C(=O)N(C1CCCCC1)C2=O.Cl. The van der Waals surface area contributed by atoms with E-state index in [2.05, 4.69) is 5.32 Å². The molecule has 1 aliphatic carbocycles. The maximum Gasteiger partial charge on any atom is 0.261 e. The lowest BCUT2D eigenvalue weighted by molar-refractivity contribution is 0.0548. The lowest BCUT2D eigenvalue weighted by Crippen LogP contribution is -2.52. The zero-order valence-electron chi connectivity index (χ0n) is 16.6. The first-order valence-electron chi connectivity index (χ1n) is 10.0. The molecule has 1 aromatic carbocycles. The minimum atomic E-state index is -0.454. The summed E-state index contributed by atoms with van der Waals surface area (Å²) < 4.78 is 0. The van der Waals surface area contributed by atoms with Crippen LogP contribution in [-0.2, 0) is 0 Å². The van der Waals surface area contributed by atoms with Crippen molar-refractivity contribution in [2.24, 2.45) is 5.73 Å². The molecule has 1 aliphatic heterocycles. The average Bonchev–Trinajstić information content (AvgIpc) is 2.96. The normalized spacial score (nSPS) is 17.3. The van der Waals surface area contributed by atoms with E-state index in [1.807, 2.05) is 13.8 Å². The molecule has 0 bridgehead atoms. The Bertz CT molecular complexity index is 747. The van der Waals surface area contributed by atoms with Gasteiger partial charge in [0.25, 0.3) is 17.7 Å². The topological polar surface area (TPSA) is 92.5 Å². The molecular weight excluding hydrogens is 378 g/mol. The summed E-state index contributed by atoms with van der Waals surface area (Å²) in [6, 6.07) is 4.76. The van der Waals surface area contributed by atoms with Crippen LogP contribution in [0.4, 0.5) is 0 Å². The monoisotopic (exact) mass is 407 g/mol. The van der Waals surface area contributed by atoms with Gasteiger partial charge >= 0.3 is 0 Å². The van der Waals surface area contributed by atoms with Crippen LogP contribution < -0.4 is 11.1 Å². The number of halogens is 1. The van der Waals surface area contributed by atoms with Crippen molar-refractivity contribution < 1.29 is 14.4 Å². The minimum Gasteiger partial charge on any atom is -0.345 e. The fourth-order valence-corrected chi connectivity index (χ4v) is 4.15. The number of hydrogen-bond acceptors (Lipinski definition) is 4. The Kier molecular flexibility index (Phi) is 7.23. The molecule has 3 N–H and O–H groups in total. The van der Waals surface area contributed by atoms with E-state index >= 15 is 0 Å². The van der Waals surface area contributed by atoms with Gasteiger partial charge in [-0.3, -0.25) is 19.3 Å². The van der Waals surface area contributed by atoms with Gasteiger partial charge in [0, 0.05) is 18.2 Å². The zero-order chi connectivity index (χ0) is 19.6. The third-order valence-corrected chi connectivity index (χ3v) is 6.24. The van der Waals surface area contributed by atoms with E-state index < -0.39 is 5.54 Å². The molecule has 28 heavy (non-hydrogen) atoms. The van der Waals surface area contributed by atoms with E-state index in [9.17, 15) is 14.4 Å². The van der Waals surface area contributed by atoms with Gasteiger partial charge in [-0.1, -0.05) is 33.1 Å². The Morgan fingerprint density at radius 2 is 1.71 bits per heavy atom. The van der Waals surface area contributed by atoms with Crippen LogP contribution in [0.1, 0.15) is 89.9 Å². The fraction of sp³-hybridized carbons (Fsp3) is 0.571. The molecule has 1 saturated carbocycles. The zero-order valence-corrected chi connectivity index (χ0v) is 17.4. The van der Waals surface area contributed by atoms with E-state index in [0.29, 0.717) is 23.2 Å². The number of hydrogen-bond donors (Lipinski definition) is 2. The number of nitrogens with two attached hydrogens (primary N) is 1. The van der Waals surface area contributed by atoms with Crippen LogP contribution in [0.3, 0.4) is 0 Å². The van der Waals surface area contributed by atoms with E-state index in [0.717, 1.165) is 44.9 Å². The third-order valence-electron chi connectivity index (χ3n) is 6.24. The first-order chi connectivity index (χ1) is 13.0. The quantitative estimate of drug-likeness (QED) is 0.707. The second-order valence-electron chi connectivity index (χ2n) is 7.68. The summed E-state index contributed by atoms with van der Waals surface area (Å²) in [5.41, 5.74) is 6.54. The van der Waals surface area contributed by atoms with E-state index in [1.54, 1.807) is 18.2 Å². The Hall–Kier alpha value is -1.92. The largest absolute Gasteiger partial charge is 0.345 e. The van der Waals surface area contributed by atoms with Crippen molar-refractivity contribution in [1.82, 2.24) is 10.2 Å². The van der Waals surface area contributed by atoms with Crippen molar-refractivity contribution >= 4 is 30.1 Å². The van der Waals surface area contributed by atoms with Gasteiger partial charge in [0.05, 0.1) is 16.7 Å². The highest BCUT2D eigenvalue weighted by Gasteiger charge is 2.40. The fourth-order valence-electron chi connectivity index (χ4n) is 4.15. The number of rotatable bonds is 6. The lowest BCUT2D eigenvalue weighted by Gasteiger charge is -2.31. The van der Waals surface area contributed by atoms with Gasteiger partial charge in [-0.15, -0.1) is 12.4 Å². The molecule has 0 atom stereocenters. The second kappa shape index (κ2) is 9.05. The van der Waals surface area contributed by atoms with Gasteiger partial charge in [-0.2, -0.15) is 0 Å². The smallest absolute Gasteiger partial charge is 0.261 e. The third kappa shape index (κ3) is 3.94. The average molecular weight is 408 g/mol. The number of benzene rings is 1. The summed E-state index contributed by atoms with van der Waals surface area (Å²) in [7, 11) is 0. The van der Waals surface area contributed by atoms with E-state index in [-0.39, 0.29) is 36.2 Å². The summed E-state index contributed by atoms with van der Waals surface area (Å²) >= 11 is 0. The number of fused-ring (bicyclic) bond motifs is 1. The van der Waals surface area contributed by atoms with Crippen molar-refractivity contribution in [2.45, 2.75) is 70.4 Å². The first kappa shape index (κ1) is 22.4. The molecule has 1 heterocycles. The van der Waals surface area contributed by atoms with Gasteiger partial charge in [-0.05, 0) is 43.9 Å². The predicted molar refractivity (Wildman–Crippen MR) is 111 cm³/mol. The number of amides is 3. The number of carbonyl (C=O) groups excluding carboxylic acids is 3. The van der Waals surface area contributed by atoms with Crippen LogP contribution in [0, 0.1) is 0 Å². The number of nitrogens with one attached hydrogen (secondary N) is 1. The standard InChI is InChI=1S/C21H29N3O3.ClH/c1-3-21(4-2,13-22)23-18(25)14-10-11-16-17(12-14)20(27)24(19(16)26)15-8-6-5-7-9-15;/h10-12,15H,3-9,13,22H2,1-2H3,(H,23,25);1H. The lowest BCUT2D eigenvalue weighted by atomic mass is 9.92. The highest BCUT2D eigenvalue weighted by atomic mass is 35.5. The maximum atomic E-state index is 12.9. The Morgan fingerprint density at radius 1 is 1.11 bits per heavy atom. The van der Waals surface area contributed by atoms with Crippen LogP contribution in [0.15, 0.2) is 18.2 Å². The molecule has 0 radical (unpaired) electrons. The molecule has 0 saturated heterocycles. The van der Waals surface area contributed by atoms with Crippen molar-refractivity contribution in [2.75, 3.05) is 6.54 Å². The molecule has 0 spiro atoms. The minimum absolute atomic E-state index is 0. The van der Waals surface area contributed by atoms with Gasteiger partial charge in [-0.25, -0.2) is 0 Å². The molecule has 3 rings (SSSR count). The molecule has 1 aromatic rings. The summed E-state index contributed by atoms with van der Waals surface area (Å²) in [6.45, 7) is 4.33. The van der Waals surface area contributed by atoms with Crippen molar-refractivity contribution in [3.63, 3.8) is 0 Å². The Balaban J connectivity index is 0.00000280. The van der Waals surface area contributed by atoms with Gasteiger partial charge in [0.15, 0.2) is 0 Å². The highest BCUT2D eigenvalue weighted by Crippen LogP contribution is 2.31. The Labute approximate surface area is 172 Å². The van der Waals surface area contributed by atoms with Crippen molar-refractivity contribution in [1.29, 1.82) is 0 Å². The summed E-state index contributed by atoms with van der Waals surface area (Å²) in [6.07, 6.45) is 6.42. The number of nitrogens with zero attached hydrogens (tertiary/aromatic N) is 1. The van der Waals surface area contributed by atoms with Crippen LogP contribution in [0.25, 0.3) is 0 Å². The molecule has 7 heteroatoms. The number of imide groups is 1. The molecule has 1 fully saturated rings. The predicted octanol–water partition coefficient (Wildman–Crippen LogP) is 3.28. The molecule has 0 aromatic heterocycles. The van der Waals surface area contributed by atoms with Gasteiger partial charge in [0.1, 0.15) is 0 Å². The molecular formula is C21H30ClN3O3. The number of carbonyl (C=O) groups is 3. The van der Waals surface area contributed by atoms with Crippen LogP contribution in [-0.4, -0.2) is 40.7 Å². The molecule has 154 valence electrons. The molecule has 6 nitrogen and oxygen atoms in total. The summed E-state index contributed by atoms with van der Waals surface area (Å²) in [4.78, 5) is 39.8. The van der Waals surface area contributed by atoms with E-state index in [4.69, 9.17) is 5.73 Å². The molecule has 2 aliphatic rings. The second-order valence-corrected chi connectivity index (χ2v) is 7.68.